The maximum Gasteiger partial charge on any atom is 0.340 e. The number of amides is 1. The summed E-state index contributed by atoms with van der Waals surface area (Å²) in [6.07, 6.45) is 0. The van der Waals surface area contributed by atoms with Gasteiger partial charge in [-0.2, -0.15) is 0 Å². The van der Waals surface area contributed by atoms with Gasteiger partial charge >= 0.3 is 5.97 Å². The minimum Gasteiger partial charge on any atom is -0.452 e. The summed E-state index contributed by atoms with van der Waals surface area (Å²) in [5, 5.41) is 3.79. The molecule has 3 aromatic rings. The van der Waals surface area contributed by atoms with Crippen LogP contribution in [-0.2, 0) is 9.53 Å². The number of nitrogen functional groups attached to an aromatic ring is 1. The molecule has 0 heterocycles. The van der Waals surface area contributed by atoms with Crippen molar-refractivity contribution in [2.24, 2.45) is 0 Å². The standard InChI is InChI=1S/C19H14F2N2O3/c20-13-5-6-15(21)17(9-13)23-18(24)10-26-19(25)14-7-11-3-1-2-4-12(11)8-16(14)22/h1-9H,10,22H2,(H,23,24). The van der Waals surface area contributed by atoms with Gasteiger partial charge in [-0.3, -0.25) is 4.79 Å². The summed E-state index contributed by atoms with van der Waals surface area (Å²) >= 11 is 0. The van der Waals surface area contributed by atoms with Gasteiger partial charge in [0.25, 0.3) is 5.91 Å². The molecule has 0 aromatic heterocycles. The molecular weight excluding hydrogens is 342 g/mol. The molecule has 3 N–H and O–H groups in total. The minimum absolute atomic E-state index is 0.119. The Hall–Kier alpha value is -3.48. The summed E-state index contributed by atoms with van der Waals surface area (Å²) in [5.74, 6) is -3.10. The molecule has 0 bridgehead atoms. The summed E-state index contributed by atoms with van der Waals surface area (Å²) in [4.78, 5) is 24.0. The van der Waals surface area contributed by atoms with Crippen LogP contribution in [0.2, 0.25) is 0 Å². The lowest BCUT2D eigenvalue weighted by Crippen LogP contribution is -2.22. The monoisotopic (exact) mass is 356 g/mol. The van der Waals surface area contributed by atoms with Crippen molar-refractivity contribution in [1.82, 2.24) is 0 Å². The molecule has 1 amide bonds. The SMILES string of the molecule is Nc1cc2ccccc2cc1C(=O)OCC(=O)Nc1cc(F)ccc1F. The summed E-state index contributed by atoms with van der Waals surface area (Å²) in [6.45, 7) is -0.666. The van der Waals surface area contributed by atoms with Crippen molar-refractivity contribution < 1.29 is 23.1 Å². The molecule has 7 heteroatoms. The van der Waals surface area contributed by atoms with Crippen LogP contribution < -0.4 is 11.1 Å². The summed E-state index contributed by atoms with van der Waals surface area (Å²) in [7, 11) is 0. The number of benzene rings is 3. The Labute approximate surface area is 147 Å². The number of anilines is 2. The van der Waals surface area contributed by atoms with Crippen molar-refractivity contribution in [3.63, 3.8) is 0 Å². The number of hydrogen-bond acceptors (Lipinski definition) is 4. The van der Waals surface area contributed by atoms with E-state index < -0.39 is 30.1 Å². The lowest BCUT2D eigenvalue weighted by Gasteiger charge is -2.10. The average Bonchev–Trinajstić information content (AvgIpc) is 2.62. The maximum atomic E-state index is 13.5. The summed E-state index contributed by atoms with van der Waals surface area (Å²) in [5.41, 5.74) is 5.86. The highest BCUT2D eigenvalue weighted by molar-refractivity contribution is 6.02. The molecule has 0 saturated carbocycles. The number of esters is 1. The molecular formula is C19H14F2N2O3. The van der Waals surface area contributed by atoms with Crippen LogP contribution in [0.5, 0.6) is 0 Å². The van der Waals surface area contributed by atoms with Gasteiger partial charge in [-0.1, -0.05) is 24.3 Å². The highest BCUT2D eigenvalue weighted by atomic mass is 19.1. The van der Waals surface area contributed by atoms with Crippen molar-refractivity contribution in [1.29, 1.82) is 0 Å². The zero-order valence-electron chi connectivity index (χ0n) is 13.5. The quantitative estimate of drug-likeness (QED) is 0.554. The first kappa shape index (κ1) is 17.3. The van der Waals surface area contributed by atoms with Crippen molar-refractivity contribution in [3.05, 3.63) is 71.8 Å². The molecule has 0 unspecified atom stereocenters. The van der Waals surface area contributed by atoms with Gasteiger partial charge in [0, 0.05) is 11.8 Å². The zero-order valence-corrected chi connectivity index (χ0v) is 13.5. The number of carbonyl (C=O) groups excluding carboxylic acids is 2. The molecule has 0 radical (unpaired) electrons. The molecule has 0 spiro atoms. The average molecular weight is 356 g/mol. The molecule has 0 fully saturated rings. The van der Waals surface area contributed by atoms with Crippen LogP contribution in [0.1, 0.15) is 10.4 Å². The number of carbonyl (C=O) groups is 2. The zero-order chi connectivity index (χ0) is 18.7. The molecule has 3 aromatic carbocycles. The third-order valence-corrected chi connectivity index (χ3v) is 3.67. The van der Waals surface area contributed by atoms with Crippen LogP contribution in [0, 0.1) is 11.6 Å². The Kier molecular flexibility index (Phi) is 4.79. The van der Waals surface area contributed by atoms with E-state index in [0.29, 0.717) is 0 Å². The van der Waals surface area contributed by atoms with Crippen LogP contribution >= 0.6 is 0 Å². The van der Waals surface area contributed by atoms with Gasteiger partial charge in [0.05, 0.1) is 11.3 Å². The Morgan fingerprint density at radius 3 is 2.42 bits per heavy atom. The number of ether oxygens (including phenoxy) is 1. The third-order valence-electron chi connectivity index (χ3n) is 3.67. The predicted octanol–water partition coefficient (Wildman–Crippen LogP) is 3.50. The van der Waals surface area contributed by atoms with E-state index in [9.17, 15) is 18.4 Å². The van der Waals surface area contributed by atoms with Crippen LogP contribution in [0.3, 0.4) is 0 Å². The van der Waals surface area contributed by atoms with E-state index in [4.69, 9.17) is 10.5 Å². The van der Waals surface area contributed by atoms with E-state index in [1.54, 1.807) is 12.1 Å². The molecule has 0 aliphatic heterocycles. The third kappa shape index (κ3) is 3.77. The molecule has 0 aliphatic rings. The number of fused-ring (bicyclic) bond motifs is 1. The van der Waals surface area contributed by atoms with Crippen molar-refractivity contribution >= 4 is 34.0 Å². The van der Waals surface area contributed by atoms with Gasteiger partial charge in [-0.05, 0) is 35.0 Å². The lowest BCUT2D eigenvalue weighted by molar-refractivity contribution is -0.119. The fourth-order valence-corrected chi connectivity index (χ4v) is 2.42. The van der Waals surface area contributed by atoms with Crippen LogP contribution in [0.15, 0.2) is 54.6 Å². The first-order valence-electron chi connectivity index (χ1n) is 7.64. The molecule has 0 atom stereocenters. The van der Waals surface area contributed by atoms with Gasteiger partial charge < -0.3 is 15.8 Å². The topological polar surface area (TPSA) is 81.4 Å². The van der Waals surface area contributed by atoms with E-state index in [0.717, 1.165) is 29.0 Å². The Balaban J connectivity index is 1.68. The normalized spacial score (nSPS) is 10.5. The van der Waals surface area contributed by atoms with Crippen LogP contribution in [0.25, 0.3) is 10.8 Å². The largest absolute Gasteiger partial charge is 0.452 e. The maximum absolute atomic E-state index is 13.5. The smallest absolute Gasteiger partial charge is 0.340 e. The second-order valence-electron chi connectivity index (χ2n) is 5.54. The van der Waals surface area contributed by atoms with Gasteiger partial charge in [-0.25, -0.2) is 13.6 Å². The van der Waals surface area contributed by atoms with Gasteiger partial charge in [0.15, 0.2) is 6.61 Å². The molecule has 26 heavy (non-hydrogen) atoms. The van der Waals surface area contributed by atoms with Crippen molar-refractivity contribution in [3.8, 4) is 0 Å². The van der Waals surface area contributed by atoms with Crippen molar-refractivity contribution in [2.45, 2.75) is 0 Å². The van der Waals surface area contributed by atoms with Gasteiger partial charge in [0.1, 0.15) is 11.6 Å². The predicted molar refractivity (Wildman–Crippen MR) is 93.6 cm³/mol. The Morgan fingerprint density at radius 2 is 1.69 bits per heavy atom. The first-order valence-corrected chi connectivity index (χ1v) is 7.64. The Bertz CT molecular complexity index is 1010. The van der Waals surface area contributed by atoms with Crippen molar-refractivity contribution in [2.75, 3.05) is 17.7 Å². The molecule has 0 aliphatic carbocycles. The highest BCUT2D eigenvalue weighted by Gasteiger charge is 2.15. The van der Waals surface area contributed by atoms with E-state index in [2.05, 4.69) is 5.32 Å². The Morgan fingerprint density at radius 1 is 1.00 bits per heavy atom. The molecule has 5 nitrogen and oxygen atoms in total. The second kappa shape index (κ2) is 7.18. The number of nitrogens with two attached hydrogens (primary N) is 1. The van der Waals surface area contributed by atoms with E-state index in [-0.39, 0.29) is 16.9 Å². The summed E-state index contributed by atoms with van der Waals surface area (Å²) < 4.78 is 31.5. The summed E-state index contributed by atoms with van der Waals surface area (Å²) in [6, 6.07) is 13.2. The van der Waals surface area contributed by atoms with E-state index >= 15 is 0 Å². The molecule has 132 valence electrons. The first-order chi connectivity index (χ1) is 12.4. The van der Waals surface area contributed by atoms with Gasteiger partial charge in [0.2, 0.25) is 0 Å². The number of halogens is 2. The minimum atomic E-state index is -0.804. The second-order valence-corrected chi connectivity index (χ2v) is 5.54. The number of rotatable bonds is 4. The fourth-order valence-electron chi connectivity index (χ4n) is 2.42. The van der Waals surface area contributed by atoms with Crippen LogP contribution in [-0.4, -0.2) is 18.5 Å². The van der Waals surface area contributed by atoms with Crippen LogP contribution in [0.4, 0.5) is 20.2 Å². The highest BCUT2D eigenvalue weighted by Crippen LogP contribution is 2.22. The van der Waals surface area contributed by atoms with E-state index in [1.165, 1.54) is 0 Å². The van der Waals surface area contributed by atoms with Gasteiger partial charge in [-0.15, -0.1) is 0 Å². The number of hydrogen-bond donors (Lipinski definition) is 2. The lowest BCUT2D eigenvalue weighted by atomic mass is 10.1. The van der Waals surface area contributed by atoms with E-state index in [1.807, 2.05) is 24.3 Å². The molecule has 0 saturated heterocycles. The fraction of sp³-hybridized carbons (Fsp3) is 0.0526. The number of nitrogens with one attached hydrogen (secondary N) is 1. The molecule has 3 rings (SSSR count).